The summed E-state index contributed by atoms with van der Waals surface area (Å²) in [6, 6.07) is 19.4. The third kappa shape index (κ3) is 2.41. The Morgan fingerprint density at radius 1 is 1.12 bits per heavy atom. The highest BCUT2D eigenvalue weighted by molar-refractivity contribution is 6.14. The van der Waals surface area contributed by atoms with Crippen molar-refractivity contribution in [1.29, 1.82) is 5.26 Å². The minimum absolute atomic E-state index is 0.0683. The highest BCUT2D eigenvalue weighted by Gasteiger charge is 2.61. The molecule has 7 nitrogen and oxygen atoms in total. The summed E-state index contributed by atoms with van der Waals surface area (Å²) in [6.45, 7) is 4.46. The number of likely N-dealkylation sites (N-methyl/N-ethyl adjacent to an activating group) is 1. The first-order valence-electron chi connectivity index (χ1n) is 10.8. The van der Waals surface area contributed by atoms with Gasteiger partial charge in [-0.3, -0.25) is 4.79 Å². The van der Waals surface area contributed by atoms with Crippen LogP contribution in [0.25, 0.3) is 5.69 Å². The Balaban J connectivity index is 1.92. The van der Waals surface area contributed by atoms with Crippen molar-refractivity contribution >= 4 is 11.6 Å². The molecule has 1 aromatic heterocycles. The van der Waals surface area contributed by atoms with Crippen molar-refractivity contribution in [2.45, 2.75) is 32.1 Å². The third-order valence-electron chi connectivity index (χ3n) is 6.20. The van der Waals surface area contributed by atoms with E-state index >= 15 is 0 Å². The number of amides is 1. The number of rotatable bonds is 4. The topological polar surface area (TPSA) is 97.2 Å². The molecule has 0 saturated carbocycles. The lowest BCUT2D eigenvalue weighted by Gasteiger charge is -2.33. The lowest BCUT2D eigenvalue weighted by Crippen LogP contribution is -2.46. The molecule has 1 atom stereocenters. The molecule has 0 radical (unpaired) electrons. The molecular formula is C25H23N5O2. The van der Waals surface area contributed by atoms with Gasteiger partial charge in [-0.2, -0.15) is 10.4 Å². The van der Waals surface area contributed by atoms with Crippen LogP contribution in [-0.4, -0.2) is 22.2 Å². The number of hydrogen-bond donors (Lipinski definition) is 1. The first-order valence-corrected chi connectivity index (χ1v) is 10.8. The molecular weight excluding hydrogens is 402 g/mol. The number of anilines is 1. The molecule has 2 N–H and O–H groups in total. The van der Waals surface area contributed by atoms with Crippen LogP contribution in [-0.2, 0) is 16.6 Å². The Bertz CT molecular complexity index is 1300. The molecule has 2 aliphatic heterocycles. The number of benzene rings is 2. The van der Waals surface area contributed by atoms with Gasteiger partial charge in [0.2, 0.25) is 17.7 Å². The second kappa shape index (κ2) is 7.27. The first-order chi connectivity index (χ1) is 15.6. The van der Waals surface area contributed by atoms with Gasteiger partial charge in [0, 0.05) is 17.8 Å². The predicted octanol–water partition coefficient (Wildman–Crippen LogP) is 3.56. The maximum absolute atomic E-state index is 14.1. The number of aryl methyl sites for hydroxylation is 1. The van der Waals surface area contributed by atoms with Crippen LogP contribution in [0.5, 0.6) is 5.88 Å². The van der Waals surface area contributed by atoms with Crippen molar-refractivity contribution in [2.24, 2.45) is 5.73 Å². The number of fused-ring (bicyclic) bond motifs is 4. The van der Waals surface area contributed by atoms with Gasteiger partial charge >= 0.3 is 0 Å². The Hall–Kier alpha value is -4.05. The zero-order chi connectivity index (χ0) is 22.5. The van der Waals surface area contributed by atoms with E-state index in [0.29, 0.717) is 24.4 Å². The SMILES string of the molecule is CCCc1nn(-c2ccccc2)c2c1C1(C(=O)N(CC)c3ccccc31)C(C#N)=C(N)O2. The molecule has 32 heavy (non-hydrogen) atoms. The van der Waals surface area contributed by atoms with Gasteiger partial charge in [-0.15, -0.1) is 0 Å². The predicted molar refractivity (Wildman–Crippen MR) is 120 cm³/mol. The Kier molecular flexibility index (Phi) is 4.52. The molecule has 1 spiro atoms. The summed E-state index contributed by atoms with van der Waals surface area (Å²) < 4.78 is 7.72. The van der Waals surface area contributed by atoms with E-state index in [2.05, 4.69) is 13.0 Å². The normalized spacial score (nSPS) is 19.0. The number of ether oxygens (including phenoxy) is 1. The summed E-state index contributed by atoms with van der Waals surface area (Å²) >= 11 is 0. The molecule has 0 saturated heterocycles. The van der Waals surface area contributed by atoms with E-state index in [1.807, 2.05) is 61.5 Å². The van der Waals surface area contributed by atoms with E-state index in [1.165, 1.54) is 0 Å². The smallest absolute Gasteiger partial charge is 0.247 e. The molecule has 1 amide bonds. The van der Waals surface area contributed by atoms with Crippen LogP contribution in [0.1, 0.15) is 37.1 Å². The van der Waals surface area contributed by atoms with E-state index < -0.39 is 5.41 Å². The molecule has 5 rings (SSSR count). The summed E-state index contributed by atoms with van der Waals surface area (Å²) in [4.78, 5) is 15.9. The van der Waals surface area contributed by atoms with Crippen molar-refractivity contribution < 1.29 is 9.53 Å². The molecule has 0 aliphatic carbocycles. The quantitative estimate of drug-likeness (QED) is 0.689. The van der Waals surface area contributed by atoms with Crippen LogP contribution in [0.15, 0.2) is 66.1 Å². The third-order valence-corrected chi connectivity index (χ3v) is 6.20. The molecule has 2 aliphatic rings. The Morgan fingerprint density at radius 3 is 2.53 bits per heavy atom. The van der Waals surface area contributed by atoms with Crippen LogP contribution < -0.4 is 15.4 Å². The summed E-state index contributed by atoms with van der Waals surface area (Å²) in [7, 11) is 0. The minimum atomic E-state index is -1.38. The number of hydrogen-bond acceptors (Lipinski definition) is 5. The number of para-hydroxylation sites is 2. The van der Waals surface area contributed by atoms with Crippen molar-refractivity contribution in [3.05, 3.63) is 82.9 Å². The standard InChI is InChI=1S/C25H23N5O2/c1-3-10-19-21-23(30(28-19)16-11-6-5-7-12-16)32-22(27)18(15-26)25(21)17-13-8-9-14-20(17)29(4-2)24(25)31/h5-9,11-14H,3-4,10,27H2,1-2H3. The van der Waals surface area contributed by atoms with Gasteiger partial charge in [0.15, 0.2) is 0 Å². The van der Waals surface area contributed by atoms with Crippen LogP contribution in [0.4, 0.5) is 5.69 Å². The minimum Gasteiger partial charge on any atom is -0.422 e. The van der Waals surface area contributed by atoms with E-state index in [0.717, 1.165) is 29.1 Å². The van der Waals surface area contributed by atoms with Gasteiger partial charge in [-0.25, -0.2) is 4.68 Å². The fourth-order valence-corrected chi connectivity index (χ4v) is 4.93. The van der Waals surface area contributed by atoms with Crippen molar-refractivity contribution in [3.63, 3.8) is 0 Å². The molecule has 2 aromatic carbocycles. The molecule has 7 heteroatoms. The van der Waals surface area contributed by atoms with Crippen LogP contribution in [0, 0.1) is 11.3 Å². The average molecular weight is 425 g/mol. The molecule has 1 unspecified atom stereocenters. The fraction of sp³-hybridized carbons (Fsp3) is 0.240. The maximum Gasteiger partial charge on any atom is 0.247 e. The van der Waals surface area contributed by atoms with E-state index in [1.54, 1.807) is 9.58 Å². The van der Waals surface area contributed by atoms with Gasteiger partial charge in [0.05, 0.1) is 16.9 Å². The molecule has 0 bridgehead atoms. The molecule has 3 aromatic rings. The zero-order valence-electron chi connectivity index (χ0n) is 18.0. The monoisotopic (exact) mass is 425 g/mol. The number of carbonyl (C=O) groups is 1. The first kappa shape index (κ1) is 19.9. The fourth-order valence-electron chi connectivity index (χ4n) is 4.93. The van der Waals surface area contributed by atoms with Crippen molar-refractivity contribution in [2.75, 3.05) is 11.4 Å². The summed E-state index contributed by atoms with van der Waals surface area (Å²) in [6.07, 6.45) is 1.45. The van der Waals surface area contributed by atoms with Gasteiger partial charge < -0.3 is 15.4 Å². The van der Waals surface area contributed by atoms with Crippen LogP contribution >= 0.6 is 0 Å². The zero-order valence-corrected chi connectivity index (χ0v) is 18.0. The highest BCUT2D eigenvalue weighted by Crippen LogP contribution is 2.56. The van der Waals surface area contributed by atoms with Gasteiger partial charge in [-0.1, -0.05) is 49.7 Å². The van der Waals surface area contributed by atoms with E-state index in [9.17, 15) is 10.1 Å². The highest BCUT2D eigenvalue weighted by atomic mass is 16.5. The summed E-state index contributed by atoms with van der Waals surface area (Å²) in [5, 5.41) is 15.1. The Morgan fingerprint density at radius 2 is 1.84 bits per heavy atom. The summed E-state index contributed by atoms with van der Waals surface area (Å²) in [5.74, 6) is 0.119. The van der Waals surface area contributed by atoms with Gasteiger partial charge in [-0.05, 0) is 31.5 Å². The maximum atomic E-state index is 14.1. The number of nitrogens with two attached hydrogens (primary N) is 1. The Labute approximate surface area is 186 Å². The lowest BCUT2D eigenvalue weighted by atomic mass is 9.68. The van der Waals surface area contributed by atoms with Crippen LogP contribution in [0.2, 0.25) is 0 Å². The second-order valence-electron chi connectivity index (χ2n) is 7.89. The number of nitrogens with zero attached hydrogens (tertiary/aromatic N) is 4. The van der Waals surface area contributed by atoms with Gasteiger partial charge in [0.25, 0.3) is 0 Å². The van der Waals surface area contributed by atoms with Gasteiger partial charge in [0.1, 0.15) is 17.1 Å². The second-order valence-corrected chi connectivity index (χ2v) is 7.89. The molecule has 0 fully saturated rings. The lowest BCUT2D eigenvalue weighted by molar-refractivity contribution is -0.120. The number of nitriles is 1. The largest absolute Gasteiger partial charge is 0.422 e. The van der Waals surface area contributed by atoms with E-state index in [-0.39, 0.29) is 17.4 Å². The van der Waals surface area contributed by atoms with E-state index in [4.69, 9.17) is 15.6 Å². The van der Waals surface area contributed by atoms with Crippen molar-refractivity contribution in [1.82, 2.24) is 9.78 Å². The molecule has 160 valence electrons. The number of aromatic nitrogens is 2. The van der Waals surface area contributed by atoms with Crippen LogP contribution in [0.3, 0.4) is 0 Å². The number of carbonyl (C=O) groups excluding carboxylic acids is 1. The van der Waals surface area contributed by atoms with Crippen molar-refractivity contribution in [3.8, 4) is 17.6 Å². The molecule has 3 heterocycles. The average Bonchev–Trinajstić information content (AvgIpc) is 3.28. The summed E-state index contributed by atoms with van der Waals surface area (Å²) in [5.41, 5.74) is 8.71.